The molecule has 0 unspecified atom stereocenters. The first-order chi connectivity index (χ1) is 64.3. The van der Waals surface area contributed by atoms with Crippen molar-refractivity contribution < 1.29 is 138 Å². The van der Waals surface area contributed by atoms with Gasteiger partial charge in [0, 0.05) is 48.2 Å². The fourth-order valence-electron chi connectivity index (χ4n) is 16.6. The summed E-state index contributed by atoms with van der Waals surface area (Å²) in [7, 11) is 1.43. The number of carbonyl (C=O) groups is 9. The van der Waals surface area contributed by atoms with Gasteiger partial charge in [0.1, 0.15) is 131 Å². The van der Waals surface area contributed by atoms with E-state index in [1.165, 1.54) is 55.6 Å². The van der Waals surface area contributed by atoms with Crippen molar-refractivity contribution >= 4 is 76.4 Å². The highest BCUT2D eigenvalue weighted by Crippen LogP contribution is 2.51. The average Bonchev–Trinajstić information content (AvgIpc) is 0.715. The predicted octanol–water partition coefficient (Wildman–Crippen LogP) is 3.67. The average molecular weight is 1900 g/mol. The number of carbonyl (C=O) groups excluding carboxylic acids is 8. The van der Waals surface area contributed by atoms with Gasteiger partial charge in [0.05, 0.1) is 16.7 Å². The molecular weight excluding hydrogens is 1790 g/mol. The van der Waals surface area contributed by atoms with Gasteiger partial charge in [0.15, 0.2) is 29.1 Å². The van der Waals surface area contributed by atoms with Crippen LogP contribution in [0.2, 0.25) is 10.0 Å². The minimum atomic E-state index is -2.46. The van der Waals surface area contributed by atoms with Gasteiger partial charge < -0.3 is 159 Å². The van der Waals surface area contributed by atoms with E-state index in [2.05, 4.69) is 65.4 Å². The van der Waals surface area contributed by atoms with Crippen molar-refractivity contribution in [3.05, 3.63) is 164 Å². The van der Waals surface area contributed by atoms with E-state index >= 15 is 28.8 Å². The number of carboxylic acid groups (broad SMARTS) is 1. The molecule has 42 heteroatoms. The molecule has 7 aromatic rings. The molecule has 2 saturated heterocycles. The predicted molar refractivity (Wildman–Crippen MR) is 478 cm³/mol. The first-order valence-electron chi connectivity index (χ1n) is 44.3. The van der Waals surface area contributed by atoms with Crippen LogP contribution in [0.3, 0.4) is 0 Å². The van der Waals surface area contributed by atoms with Crippen LogP contribution in [0.15, 0.2) is 115 Å². The third kappa shape index (κ3) is 23.5. The van der Waals surface area contributed by atoms with E-state index in [9.17, 15) is 75.7 Å². The summed E-state index contributed by atoms with van der Waals surface area (Å²) in [5.74, 6) is -18.0. The summed E-state index contributed by atoms with van der Waals surface area (Å²) in [6.45, 7) is 3.83. The number of fused-ring (bicyclic) bond motifs is 14. The molecule has 8 amide bonds. The van der Waals surface area contributed by atoms with E-state index in [1.54, 1.807) is 0 Å². The van der Waals surface area contributed by atoms with Crippen LogP contribution in [0.4, 0.5) is 0 Å². The van der Waals surface area contributed by atoms with Crippen LogP contribution >= 0.6 is 23.2 Å². The van der Waals surface area contributed by atoms with Crippen molar-refractivity contribution in [3.8, 4) is 80.1 Å². The maximum Gasteiger partial charge on any atom is 0.335 e. The van der Waals surface area contributed by atoms with Crippen LogP contribution in [-0.4, -0.2) is 241 Å². The number of aliphatic carboxylic acids is 1. The molecule has 0 saturated carbocycles. The lowest BCUT2D eigenvalue weighted by Gasteiger charge is -2.41. The molecule has 18 atom stereocenters. The summed E-state index contributed by atoms with van der Waals surface area (Å²) in [5, 5.41) is 168. The molecule has 8 heterocycles. The number of aromatic hydroxyl groups is 4. The van der Waals surface area contributed by atoms with E-state index < -0.39 is 271 Å². The van der Waals surface area contributed by atoms with Gasteiger partial charge in [0.25, 0.3) is 0 Å². The second-order valence-corrected chi connectivity index (χ2v) is 34.2. The number of aliphatic hydroxyl groups is 7. The first-order valence-corrected chi connectivity index (χ1v) is 45.0. The minimum absolute atomic E-state index is 0.118. The Morgan fingerprint density at radius 1 is 0.522 bits per heavy atom. The van der Waals surface area contributed by atoms with E-state index in [1.807, 2.05) is 0 Å². The summed E-state index contributed by atoms with van der Waals surface area (Å²) in [5.41, 5.74) is 2.93. The Morgan fingerprint density at radius 3 is 1.84 bits per heavy atom. The van der Waals surface area contributed by atoms with Crippen LogP contribution in [0.1, 0.15) is 166 Å². The van der Waals surface area contributed by atoms with Gasteiger partial charge in [-0.3, -0.25) is 38.4 Å². The Balaban J connectivity index is 1.02. The number of hydrogen-bond acceptors (Lipinski definition) is 31. The number of unbranched alkanes of at least 4 members (excludes halogenated alkanes) is 8. The minimum Gasteiger partial charge on any atom is -0.508 e. The summed E-state index contributed by atoms with van der Waals surface area (Å²) >= 11 is 14.4. The zero-order valence-corrected chi connectivity index (χ0v) is 74.5. The van der Waals surface area contributed by atoms with E-state index in [4.69, 9.17) is 62.1 Å². The van der Waals surface area contributed by atoms with Gasteiger partial charge in [-0.1, -0.05) is 112 Å². The number of halogens is 2. The molecule has 8 aliphatic heterocycles. The number of amides is 8. The van der Waals surface area contributed by atoms with Crippen molar-refractivity contribution in [2.45, 2.75) is 207 Å². The van der Waals surface area contributed by atoms with Gasteiger partial charge in [-0.05, 0) is 172 Å². The molecule has 7 aromatic carbocycles. The number of likely N-dealkylation sites (N-methyl/N-ethyl adjacent to an activating group) is 1. The number of aliphatic hydroxyl groups excluding tert-OH is 7. The Kier molecular flexibility index (Phi) is 33.7. The molecule has 134 heavy (non-hydrogen) atoms. The smallest absolute Gasteiger partial charge is 0.335 e. The van der Waals surface area contributed by atoms with E-state index in [0.717, 1.165) is 131 Å². The monoisotopic (exact) mass is 1900 g/mol. The molecular formula is C92H110Cl2N12O28. The lowest BCUT2D eigenvalue weighted by atomic mass is 9.89. The highest BCUT2D eigenvalue weighted by molar-refractivity contribution is 6.33. The standard InChI is InChI=1S/C92H110Cl2N12O28/c1-3-4-5-6-7-8-9-10-11-15-65(112)101-74-77(115)79(117)82(90(126)127)134-91(74)133-81-62-36-47-37-63(81)130-59-25-20-46(34-54(59)93)75(113)73-89(125)105-71(84(120)99-31-14-30-98-29-13-28-97-27-12-26-95)52-38-48(108)39-61(131-92-80(118)78(116)76(114)64(42-107)132-92)66(52)51-33-44(18-23-56(51)109)69(86(122)106-73)102-87(123)70(47)103-88(124)72-53-40-50(41-58(111)67(53)94)129-60-35-45(19-24-57(60)110)68(96-2)85(121)100-55(83(119)104-72)32-43-16-21-49(128-62)22-17-43/h16-25,33-41,55,64,68-80,82,91-92,96-98,107-111,113-118H,3-15,26-32,42,95H2,1-2H3,(H,99,120)(H,100,121)(H,101,112)(H,102,123)(H,103,124)(H,104,119)(H,105,125)(H,106,122)(H,126,127)/t55-,64-,68+,69-,70-,71+,72+,73+,74-,75-,76-,77-,78+,79+,80+,82+,91-,92+/m1/s1. The molecule has 0 aromatic heterocycles. The molecule has 15 rings (SSSR count). The third-order valence-corrected chi connectivity index (χ3v) is 24.5. The number of ether oxygens (including phenoxy) is 7. The van der Waals surface area contributed by atoms with Gasteiger partial charge in [0.2, 0.25) is 65.6 Å². The third-order valence-electron chi connectivity index (χ3n) is 23.8. The number of phenolic OH excluding ortho intramolecular Hbond substituents is 4. The van der Waals surface area contributed by atoms with Crippen LogP contribution in [0.5, 0.6) is 69.0 Å². The highest BCUT2D eigenvalue weighted by atomic mass is 35.5. The number of nitrogens with two attached hydrogens (primary N) is 1. The Hall–Kier alpha value is -12.0. The molecule has 8 aliphatic rings. The molecule has 25 N–H and O–H groups in total. The topological polar surface area (TPSA) is 619 Å². The lowest BCUT2D eigenvalue weighted by molar-refractivity contribution is -0.277. The van der Waals surface area contributed by atoms with Crippen LogP contribution in [0, 0.1) is 0 Å². The van der Waals surface area contributed by atoms with Crippen molar-refractivity contribution in [2.75, 3.05) is 52.9 Å². The number of carboxylic acids is 1. The molecule has 0 spiro atoms. The molecule has 720 valence electrons. The number of benzene rings is 7. The Bertz CT molecular complexity index is 5430. The molecule has 17 bridgehead atoms. The second-order valence-electron chi connectivity index (χ2n) is 33.4. The fraction of sp³-hybridized carbons (Fsp3) is 0.446. The maximum absolute atomic E-state index is 16.9. The summed E-state index contributed by atoms with van der Waals surface area (Å²) in [6.07, 6.45) is -12.2. The molecule has 40 nitrogen and oxygen atoms in total. The van der Waals surface area contributed by atoms with Crippen LogP contribution < -0.4 is 87.9 Å². The van der Waals surface area contributed by atoms with Gasteiger partial charge in [-0.25, -0.2) is 4.79 Å². The van der Waals surface area contributed by atoms with Crippen molar-refractivity contribution in [1.29, 1.82) is 0 Å². The Morgan fingerprint density at radius 2 is 1.15 bits per heavy atom. The van der Waals surface area contributed by atoms with Gasteiger partial charge >= 0.3 is 5.97 Å². The van der Waals surface area contributed by atoms with Crippen LogP contribution in [-0.2, 0) is 59.0 Å². The van der Waals surface area contributed by atoms with Crippen molar-refractivity contribution in [1.82, 2.24) is 58.5 Å². The summed E-state index contributed by atoms with van der Waals surface area (Å²) in [4.78, 5) is 139. The van der Waals surface area contributed by atoms with Gasteiger partial charge in [-0.15, -0.1) is 0 Å². The van der Waals surface area contributed by atoms with Gasteiger partial charge in [-0.2, -0.15) is 0 Å². The normalized spacial score (nSPS) is 25.1. The Labute approximate surface area is 778 Å². The number of nitrogens with one attached hydrogen (secondary N) is 11. The number of hydrogen-bond donors (Lipinski definition) is 24. The number of phenols is 4. The molecule has 2 fully saturated rings. The van der Waals surface area contributed by atoms with Crippen LogP contribution in [0.25, 0.3) is 11.1 Å². The molecule has 0 radical (unpaired) electrons. The highest BCUT2D eigenvalue weighted by Gasteiger charge is 2.52. The fourth-order valence-corrected chi connectivity index (χ4v) is 17.0. The van der Waals surface area contributed by atoms with E-state index in [-0.39, 0.29) is 47.8 Å². The van der Waals surface area contributed by atoms with Crippen molar-refractivity contribution in [2.24, 2.45) is 5.73 Å². The molecule has 0 aliphatic carbocycles. The first kappa shape index (κ1) is 99.5. The van der Waals surface area contributed by atoms with Crippen molar-refractivity contribution in [3.63, 3.8) is 0 Å². The number of rotatable bonds is 30. The summed E-state index contributed by atoms with van der Waals surface area (Å²) in [6, 6.07) is 5.65. The lowest BCUT2D eigenvalue weighted by Crippen LogP contribution is -2.66. The zero-order valence-electron chi connectivity index (χ0n) is 72.9. The SMILES string of the molecule is CCCCCCCCCCCC(=O)N[C@H]1[C@H](Oc2c3cc4cc2Oc2ccc(cc2Cl)[C@@H](O)[C@@H]2NC(=O)[C@H](NC(=O)[C@@H]4NC(=O)[C@H]4NC(=O)[C@@H](Cc5ccc(cc5)O3)NC(=O)[C@@H](NC)c3ccc(O)c(c3)Oc3cc(O)c(Cl)c4c3)c3ccc(O)c(c3)-c3c(O[C@H]4O[C@H](CO)[C@@H](O)[C@H](O)[C@@H]4O)cc(O)cc3[C@@H](C(=O)NCCCNCCCNCCCN)NC2=O)O[C@H](C(=O)O)[C@@H](O)[C@@H]1O. The summed E-state index contributed by atoms with van der Waals surface area (Å²) < 4.78 is 44.6. The quantitative estimate of drug-likeness (QED) is 0.0286. The van der Waals surface area contributed by atoms with E-state index in [0.29, 0.717) is 44.6 Å². The largest absolute Gasteiger partial charge is 0.508 e. The zero-order chi connectivity index (χ0) is 95.9. The second kappa shape index (κ2) is 45.4. The maximum atomic E-state index is 16.9.